The van der Waals surface area contributed by atoms with E-state index in [2.05, 4.69) is 5.32 Å². The molecule has 4 heteroatoms. The average molecular weight is 266 g/mol. The third-order valence-electron chi connectivity index (χ3n) is 3.21. The molecular formula is C15H23FN2O. The van der Waals surface area contributed by atoms with Crippen LogP contribution in [-0.4, -0.2) is 18.5 Å². The molecule has 19 heavy (non-hydrogen) atoms. The molecule has 1 atom stereocenters. The molecule has 0 radical (unpaired) electrons. The van der Waals surface area contributed by atoms with Gasteiger partial charge in [-0.2, -0.15) is 0 Å². The number of hydrogen-bond donors (Lipinski definition) is 2. The number of halogens is 1. The number of nitrogens with two attached hydrogens (primary N) is 1. The molecule has 1 aromatic carbocycles. The Kier molecular flexibility index (Phi) is 5.06. The van der Waals surface area contributed by atoms with E-state index in [4.69, 9.17) is 5.73 Å². The van der Waals surface area contributed by atoms with Gasteiger partial charge in [-0.25, -0.2) is 4.39 Å². The predicted octanol–water partition coefficient (Wildman–Crippen LogP) is 2.17. The van der Waals surface area contributed by atoms with E-state index in [1.165, 1.54) is 12.1 Å². The smallest absolute Gasteiger partial charge is 0.237 e. The molecule has 0 heterocycles. The maximum Gasteiger partial charge on any atom is 0.237 e. The van der Waals surface area contributed by atoms with Crippen LogP contribution < -0.4 is 11.1 Å². The van der Waals surface area contributed by atoms with Crippen LogP contribution in [0.1, 0.15) is 31.9 Å². The molecule has 0 aliphatic heterocycles. The van der Waals surface area contributed by atoms with Gasteiger partial charge in [-0.3, -0.25) is 4.79 Å². The molecule has 0 aliphatic rings. The second-order valence-electron chi connectivity index (χ2n) is 5.96. The summed E-state index contributed by atoms with van der Waals surface area (Å²) in [6, 6.07) is 4.16. The summed E-state index contributed by atoms with van der Waals surface area (Å²) < 4.78 is 12.9. The van der Waals surface area contributed by atoms with E-state index in [1.54, 1.807) is 6.07 Å². The van der Waals surface area contributed by atoms with Crippen molar-refractivity contribution >= 4 is 5.91 Å². The molecule has 0 aliphatic carbocycles. The van der Waals surface area contributed by atoms with E-state index in [0.29, 0.717) is 13.0 Å². The topological polar surface area (TPSA) is 55.1 Å². The summed E-state index contributed by atoms with van der Waals surface area (Å²) in [6.45, 7) is 8.17. The lowest BCUT2D eigenvalue weighted by Crippen LogP contribution is -2.49. The zero-order chi connectivity index (χ0) is 14.6. The number of benzene rings is 1. The summed E-state index contributed by atoms with van der Waals surface area (Å²) in [5.41, 5.74) is 7.54. The SMILES string of the molecule is Cc1cc(F)ccc1CCNC(=O)C(N)C(C)(C)C. The summed E-state index contributed by atoms with van der Waals surface area (Å²) in [6.07, 6.45) is 0.675. The van der Waals surface area contributed by atoms with Crippen LogP contribution in [0.3, 0.4) is 0 Å². The monoisotopic (exact) mass is 266 g/mol. The van der Waals surface area contributed by atoms with Gasteiger partial charge in [0.15, 0.2) is 0 Å². The van der Waals surface area contributed by atoms with Crippen molar-refractivity contribution in [2.75, 3.05) is 6.54 Å². The Bertz CT molecular complexity index is 452. The number of nitrogens with one attached hydrogen (secondary N) is 1. The highest BCUT2D eigenvalue weighted by Gasteiger charge is 2.26. The van der Waals surface area contributed by atoms with Crippen LogP contribution in [0.5, 0.6) is 0 Å². The first-order valence-corrected chi connectivity index (χ1v) is 6.50. The van der Waals surface area contributed by atoms with Crippen molar-refractivity contribution < 1.29 is 9.18 Å². The first-order valence-electron chi connectivity index (χ1n) is 6.50. The summed E-state index contributed by atoms with van der Waals surface area (Å²) in [5.74, 6) is -0.382. The molecule has 1 rings (SSSR count). The van der Waals surface area contributed by atoms with E-state index in [9.17, 15) is 9.18 Å². The van der Waals surface area contributed by atoms with Gasteiger partial charge in [0.2, 0.25) is 5.91 Å². The van der Waals surface area contributed by atoms with Gasteiger partial charge >= 0.3 is 0 Å². The number of rotatable bonds is 4. The minimum Gasteiger partial charge on any atom is -0.354 e. The van der Waals surface area contributed by atoms with Crippen molar-refractivity contribution in [1.29, 1.82) is 0 Å². The Morgan fingerprint density at radius 2 is 2.05 bits per heavy atom. The number of hydrogen-bond acceptors (Lipinski definition) is 2. The lowest BCUT2D eigenvalue weighted by atomic mass is 9.87. The minimum atomic E-state index is -0.526. The number of amides is 1. The van der Waals surface area contributed by atoms with Gasteiger partial charge in [-0.1, -0.05) is 26.8 Å². The van der Waals surface area contributed by atoms with Crippen LogP contribution in [-0.2, 0) is 11.2 Å². The normalized spacial score (nSPS) is 13.2. The van der Waals surface area contributed by atoms with Gasteiger partial charge in [0, 0.05) is 6.54 Å². The van der Waals surface area contributed by atoms with Gasteiger partial charge in [-0.05, 0) is 42.0 Å². The molecule has 3 nitrogen and oxygen atoms in total. The van der Waals surface area contributed by atoms with E-state index >= 15 is 0 Å². The summed E-state index contributed by atoms with van der Waals surface area (Å²) in [4.78, 5) is 11.8. The first kappa shape index (κ1) is 15.6. The molecule has 0 fully saturated rings. The zero-order valence-electron chi connectivity index (χ0n) is 12.1. The largest absolute Gasteiger partial charge is 0.354 e. The quantitative estimate of drug-likeness (QED) is 0.877. The highest BCUT2D eigenvalue weighted by Crippen LogP contribution is 2.17. The Labute approximate surface area is 114 Å². The zero-order valence-corrected chi connectivity index (χ0v) is 12.1. The van der Waals surface area contributed by atoms with Crippen molar-refractivity contribution in [1.82, 2.24) is 5.32 Å². The number of aryl methyl sites for hydroxylation is 1. The highest BCUT2D eigenvalue weighted by molar-refractivity contribution is 5.82. The lowest BCUT2D eigenvalue weighted by molar-refractivity contribution is -0.124. The molecule has 106 valence electrons. The summed E-state index contributed by atoms with van der Waals surface area (Å²) >= 11 is 0. The number of carbonyl (C=O) groups is 1. The van der Waals surface area contributed by atoms with Gasteiger partial charge in [-0.15, -0.1) is 0 Å². The third kappa shape index (κ3) is 4.63. The van der Waals surface area contributed by atoms with Crippen LogP contribution in [0, 0.1) is 18.2 Å². The Balaban J connectivity index is 2.48. The molecular weight excluding hydrogens is 243 g/mol. The summed E-state index contributed by atoms with van der Waals surface area (Å²) in [7, 11) is 0. The average Bonchev–Trinajstić information content (AvgIpc) is 2.29. The fourth-order valence-corrected chi connectivity index (χ4v) is 1.76. The van der Waals surface area contributed by atoms with Crippen molar-refractivity contribution in [2.24, 2.45) is 11.1 Å². The molecule has 1 amide bonds. The van der Waals surface area contributed by atoms with E-state index in [-0.39, 0.29) is 17.1 Å². The Hall–Kier alpha value is -1.42. The van der Waals surface area contributed by atoms with Crippen LogP contribution >= 0.6 is 0 Å². The van der Waals surface area contributed by atoms with Crippen molar-refractivity contribution in [2.45, 2.75) is 40.2 Å². The molecule has 3 N–H and O–H groups in total. The molecule has 1 unspecified atom stereocenters. The van der Waals surface area contributed by atoms with Gasteiger partial charge in [0.05, 0.1) is 6.04 Å². The Morgan fingerprint density at radius 3 is 2.58 bits per heavy atom. The van der Waals surface area contributed by atoms with Crippen LogP contribution in [0.2, 0.25) is 0 Å². The maximum absolute atomic E-state index is 12.9. The van der Waals surface area contributed by atoms with Crippen molar-refractivity contribution in [3.05, 3.63) is 35.1 Å². The Morgan fingerprint density at radius 1 is 1.42 bits per heavy atom. The maximum atomic E-state index is 12.9. The molecule has 1 aromatic rings. The third-order valence-corrected chi connectivity index (χ3v) is 3.21. The molecule has 0 spiro atoms. The second kappa shape index (κ2) is 6.15. The molecule has 0 saturated heterocycles. The minimum absolute atomic E-state index is 0.146. The lowest BCUT2D eigenvalue weighted by Gasteiger charge is -2.25. The number of carbonyl (C=O) groups excluding carboxylic acids is 1. The molecule has 0 aromatic heterocycles. The van der Waals surface area contributed by atoms with Gasteiger partial charge < -0.3 is 11.1 Å². The van der Waals surface area contributed by atoms with Gasteiger partial charge in [0.1, 0.15) is 5.82 Å². The van der Waals surface area contributed by atoms with Crippen molar-refractivity contribution in [3.8, 4) is 0 Å². The first-order chi connectivity index (χ1) is 8.71. The fourth-order valence-electron chi connectivity index (χ4n) is 1.76. The molecule has 0 bridgehead atoms. The van der Waals surface area contributed by atoms with Gasteiger partial charge in [0.25, 0.3) is 0 Å². The van der Waals surface area contributed by atoms with Crippen LogP contribution in [0.25, 0.3) is 0 Å². The van der Waals surface area contributed by atoms with Crippen LogP contribution in [0.4, 0.5) is 4.39 Å². The standard InChI is InChI=1S/C15H23FN2O/c1-10-9-12(16)6-5-11(10)7-8-18-14(19)13(17)15(2,3)4/h5-6,9,13H,7-8,17H2,1-4H3,(H,18,19). The highest BCUT2D eigenvalue weighted by atomic mass is 19.1. The molecule has 0 saturated carbocycles. The van der Waals surface area contributed by atoms with E-state index in [1.807, 2.05) is 27.7 Å². The summed E-state index contributed by atoms with van der Waals surface area (Å²) in [5, 5.41) is 2.82. The fraction of sp³-hybridized carbons (Fsp3) is 0.533. The van der Waals surface area contributed by atoms with Crippen LogP contribution in [0.15, 0.2) is 18.2 Å². The predicted molar refractivity (Wildman–Crippen MR) is 75.3 cm³/mol. The second-order valence-corrected chi connectivity index (χ2v) is 5.96. The van der Waals surface area contributed by atoms with E-state index in [0.717, 1.165) is 11.1 Å². The van der Waals surface area contributed by atoms with E-state index < -0.39 is 6.04 Å². The van der Waals surface area contributed by atoms with Crippen molar-refractivity contribution in [3.63, 3.8) is 0 Å².